The minimum absolute atomic E-state index is 0.0871. The molecule has 1 saturated heterocycles. The van der Waals surface area contributed by atoms with Crippen molar-refractivity contribution in [2.75, 3.05) is 13.1 Å². The molecule has 2 aliphatic rings. The van der Waals surface area contributed by atoms with E-state index in [1.165, 1.54) is 43.2 Å². The molecule has 3 nitrogen and oxygen atoms in total. The molecule has 0 amide bonds. The third-order valence-electron chi connectivity index (χ3n) is 6.01. The maximum Gasteiger partial charge on any atom is 0.0564 e. The first-order chi connectivity index (χ1) is 11.7. The lowest BCUT2D eigenvalue weighted by Crippen LogP contribution is -2.36. The van der Waals surface area contributed by atoms with Crippen LogP contribution in [0.25, 0.3) is 0 Å². The summed E-state index contributed by atoms with van der Waals surface area (Å²) in [5, 5.41) is 13.5. The Hall–Kier alpha value is -0.900. The fourth-order valence-electron chi connectivity index (χ4n) is 4.30. The molecule has 0 bridgehead atoms. The van der Waals surface area contributed by atoms with Crippen LogP contribution in [0.5, 0.6) is 0 Å². The molecule has 3 heteroatoms. The zero-order chi connectivity index (χ0) is 16.8. The molecule has 1 heterocycles. The van der Waals surface area contributed by atoms with E-state index in [1.807, 2.05) is 0 Å². The van der Waals surface area contributed by atoms with Gasteiger partial charge in [-0.25, -0.2) is 0 Å². The zero-order valence-corrected chi connectivity index (χ0v) is 15.2. The van der Waals surface area contributed by atoms with Crippen molar-refractivity contribution in [2.45, 2.75) is 77.1 Å². The van der Waals surface area contributed by atoms with Gasteiger partial charge in [0, 0.05) is 32.2 Å². The Kier molecular flexibility index (Phi) is 6.70. The molecule has 0 spiro atoms. The molecule has 1 aromatic carbocycles. The highest BCUT2D eigenvalue weighted by atomic mass is 16.3. The van der Waals surface area contributed by atoms with Crippen LogP contribution >= 0.6 is 0 Å². The van der Waals surface area contributed by atoms with Crippen LogP contribution < -0.4 is 5.32 Å². The third-order valence-corrected chi connectivity index (χ3v) is 6.01. The number of benzene rings is 1. The van der Waals surface area contributed by atoms with Crippen LogP contribution in [0.15, 0.2) is 24.3 Å². The SMILES string of the molecule is CCC1CCCC(NCc2ccccc2CN2CCC(O)CC2)C1. The van der Waals surface area contributed by atoms with Gasteiger partial charge in [0.25, 0.3) is 0 Å². The summed E-state index contributed by atoms with van der Waals surface area (Å²) in [5.74, 6) is 0.922. The lowest BCUT2D eigenvalue weighted by atomic mass is 9.84. The second kappa shape index (κ2) is 8.98. The van der Waals surface area contributed by atoms with E-state index in [9.17, 15) is 5.11 Å². The van der Waals surface area contributed by atoms with Crippen molar-refractivity contribution in [1.29, 1.82) is 0 Å². The van der Waals surface area contributed by atoms with E-state index < -0.39 is 0 Å². The van der Waals surface area contributed by atoms with E-state index in [0.29, 0.717) is 6.04 Å². The van der Waals surface area contributed by atoms with Crippen LogP contribution in [0.1, 0.15) is 63.0 Å². The van der Waals surface area contributed by atoms with Crippen LogP contribution in [0.4, 0.5) is 0 Å². The van der Waals surface area contributed by atoms with Gasteiger partial charge in [0.15, 0.2) is 0 Å². The van der Waals surface area contributed by atoms with Gasteiger partial charge in [-0.1, -0.05) is 50.5 Å². The van der Waals surface area contributed by atoms with Crippen LogP contribution in [0.3, 0.4) is 0 Å². The zero-order valence-electron chi connectivity index (χ0n) is 15.2. The van der Waals surface area contributed by atoms with E-state index in [2.05, 4.69) is 41.4 Å². The molecular weight excluding hydrogens is 296 g/mol. The molecule has 2 N–H and O–H groups in total. The topological polar surface area (TPSA) is 35.5 Å². The molecule has 1 aliphatic heterocycles. The first-order valence-electron chi connectivity index (χ1n) is 9.95. The fourth-order valence-corrected chi connectivity index (χ4v) is 4.30. The summed E-state index contributed by atoms with van der Waals surface area (Å²) in [5.41, 5.74) is 2.89. The van der Waals surface area contributed by atoms with Crippen LogP contribution in [-0.4, -0.2) is 35.2 Å². The predicted molar refractivity (Wildman–Crippen MR) is 99.8 cm³/mol. The Morgan fingerprint density at radius 1 is 1.08 bits per heavy atom. The van der Waals surface area contributed by atoms with E-state index >= 15 is 0 Å². The largest absolute Gasteiger partial charge is 0.393 e. The summed E-state index contributed by atoms with van der Waals surface area (Å²) in [6.07, 6.45) is 8.57. The Morgan fingerprint density at radius 3 is 2.58 bits per heavy atom. The number of rotatable bonds is 6. The van der Waals surface area contributed by atoms with Crippen molar-refractivity contribution in [3.8, 4) is 0 Å². The first kappa shape index (κ1) is 17.9. The summed E-state index contributed by atoms with van der Waals surface area (Å²) >= 11 is 0. The number of aliphatic hydroxyl groups is 1. The van der Waals surface area contributed by atoms with Crippen LogP contribution in [0.2, 0.25) is 0 Å². The number of nitrogens with zero attached hydrogens (tertiary/aromatic N) is 1. The minimum atomic E-state index is -0.0871. The van der Waals surface area contributed by atoms with Crippen LogP contribution in [-0.2, 0) is 13.1 Å². The molecule has 134 valence electrons. The number of likely N-dealkylation sites (tertiary alicyclic amines) is 1. The van der Waals surface area contributed by atoms with Gasteiger partial charge >= 0.3 is 0 Å². The lowest BCUT2D eigenvalue weighted by Gasteiger charge is -2.31. The van der Waals surface area contributed by atoms with Gasteiger partial charge in [0.05, 0.1) is 6.10 Å². The van der Waals surface area contributed by atoms with E-state index in [1.54, 1.807) is 0 Å². The Balaban J connectivity index is 1.54. The lowest BCUT2D eigenvalue weighted by molar-refractivity contribution is 0.0791. The van der Waals surface area contributed by atoms with Gasteiger partial charge in [0.1, 0.15) is 0 Å². The van der Waals surface area contributed by atoms with Gasteiger partial charge in [-0.15, -0.1) is 0 Å². The minimum Gasteiger partial charge on any atom is -0.393 e. The highest BCUT2D eigenvalue weighted by Crippen LogP contribution is 2.27. The average Bonchev–Trinajstić information content (AvgIpc) is 2.63. The Bertz CT molecular complexity index is 496. The molecule has 1 saturated carbocycles. The van der Waals surface area contributed by atoms with Crippen molar-refractivity contribution >= 4 is 0 Å². The quantitative estimate of drug-likeness (QED) is 0.835. The smallest absolute Gasteiger partial charge is 0.0564 e. The highest BCUT2D eigenvalue weighted by molar-refractivity contribution is 5.27. The second-order valence-corrected chi connectivity index (χ2v) is 7.79. The van der Waals surface area contributed by atoms with Crippen LogP contribution in [0, 0.1) is 5.92 Å². The Labute approximate surface area is 147 Å². The molecule has 0 radical (unpaired) electrons. The van der Waals surface area contributed by atoms with Gasteiger partial charge < -0.3 is 10.4 Å². The molecular formula is C21H34N2O. The van der Waals surface area contributed by atoms with Gasteiger partial charge in [0.2, 0.25) is 0 Å². The van der Waals surface area contributed by atoms with E-state index in [0.717, 1.165) is 44.9 Å². The van der Waals surface area contributed by atoms with Crippen molar-refractivity contribution in [3.05, 3.63) is 35.4 Å². The second-order valence-electron chi connectivity index (χ2n) is 7.79. The third kappa shape index (κ3) is 5.05. The molecule has 2 unspecified atom stereocenters. The van der Waals surface area contributed by atoms with Crippen molar-refractivity contribution in [2.24, 2.45) is 5.92 Å². The van der Waals surface area contributed by atoms with Crippen molar-refractivity contribution in [1.82, 2.24) is 10.2 Å². The molecule has 2 atom stereocenters. The molecule has 1 aromatic rings. The van der Waals surface area contributed by atoms with Crippen molar-refractivity contribution in [3.63, 3.8) is 0 Å². The first-order valence-corrected chi connectivity index (χ1v) is 9.95. The van der Waals surface area contributed by atoms with Gasteiger partial charge in [-0.3, -0.25) is 4.90 Å². The van der Waals surface area contributed by atoms with Gasteiger partial charge in [-0.05, 0) is 42.7 Å². The summed E-state index contributed by atoms with van der Waals surface area (Å²) in [7, 11) is 0. The monoisotopic (exact) mass is 330 g/mol. The van der Waals surface area contributed by atoms with E-state index in [4.69, 9.17) is 0 Å². The molecule has 3 rings (SSSR count). The normalized spacial score (nSPS) is 26.6. The number of aliphatic hydroxyl groups excluding tert-OH is 1. The maximum atomic E-state index is 9.68. The van der Waals surface area contributed by atoms with Crippen molar-refractivity contribution < 1.29 is 5.11 Å². The summed E-state index contributed by atoms with van der Waals surface area (Å²) in [6, 6.07) is 9.57. The van der Waals surface area contributed by atoms with Gasteiger partial charge in [-0.2, -0.15) is 0 Å². The number of piperidine rings is 1. The predicted octanol–water partition coefficient (Wildman–Crippen LogP) is 3.70. The Morgan fingerprint density at radius 2 is 1.83 bits per heavy atom. The molecule has 1 aliphatic carbocycles. The molecule has 2 fully saturated rings. The average molecular weight is 331 g/mol. The maximum absolute atomic E-state index is 9.68. The molecule has 0 aromatic heterocycles. The summed E-state index contributed by atoms with van der Waals surface area (Å²) in [4.78, 5) is 2.49. The highest BCUT2D eigenvalue weighted by Gasteiger charge is 2.21. The fraction of sp³-hybridized carbons (Fsp3) is 0.714. The van der Waals surface area contributed by atoms with E-state index in [-0.39, 0.29) is 6.10 Å². The summed E-state index contributed by atoms with van der Waals surface area (Å²) in [6.45, 7) is 6.38. The number of nitrogens with one attached hydrogen (secondary N) is 1. The standard InChI is InChI=1S/C21H34N2O/c1-2-17-6-5-9-20(14-17)22-15-18-7-3-4-8-19(18)16-23-12-10-21(24)11-13-23/h3-4,7-8,17,20-22,24H,2,5-6,9-16H2,1H3. The number of hydrogen-bond acceptors (Lipinski definition) is 3. The molecule has 24 heavy (non-hydrogen) atoms. The summed E-state index contributed by atoms with van der Waals surface area (Å²) < 4.78 is 0. The number of hydrogen-bond donors (Lipinski definition) is 2.